The molecule has 0 spiro atoms. The Bertz CT molecular complexity index is 831. The highest BCUT2D eigenvalue weighted by Gasteiger charge is 2.56. The van der Waals surface area contributed by atoms with Gasteiger partial charge in [-0.2, -0.15) is 0 Å². The molecule has 4 unspecified atom stereocenters. The van der Waals surface area contributed by atoms with Crippen LogP contribution in [0.2, 0.25) is 0 Å². The Labute approximate surface area is 178 Å². The van der Waals surface area contributed by atoms with Gasteiger partial charge in [-0.1, -0.05) is 6.92 Å². The molecule has 0 aromatic heterocycles. The molecule has 10 atom stereocenters. The summed E-state index contributed by atoms with van der Waals surface area (Å²) in [4.78, 5) is 0. The molecule has 182 valence electrons. The second-order valence-corrected chi connectivity index (χ2v) is 9.21. The van der Waals surface area contributed by atoms with E-state index < -0.39 is 88.6 Å². The van der Waals surface area contributed by atoms with E-state index in [9.17, 15) is 36.2 Å². The van der Waals surface area contributed by atoms with Crippen molar-refractivity contribution in [1.82, 2.24) is 0 Å². The van der Waals surface area contributed by atoms with Crippen molar-refractivity contribution >= 4 is 20.8 Å². The second kappa shape index (κ2) is 9.37. The normalized spacial score (nSPS) is 43.8. The average molecular weight is 494 g/mol. The first-order valence-electron chi connectivity index (χ1n) is 9.02. The average Bonchev–Trinajstić information content (AvgIpc) is 2.94. The standard InChI is InChI=1S/C14H24O15S2/c1-5-8(16)6(3-15)25-14(9(5)28-30(17,18)19)27-10-7-4-24-11(10)12(13(23-2)26-7)29-31(20,21)22/h5-16H,3-4H2,1-2H3,(H,17,18,19)(H,20,21,22)/p-2/t5-,6?,7?,8+,9?,10-,11?,12-,13-,14-/m0/s1. The molecule has 3 heterocycles. The molecule has 0 aromatic carbocycles. The molecular formula is C14H22O15S2-2. The quantitative estimate of drug-likeness (QED) is 0.247. The molecule has 31 heavy (non-hydrogen) atoms. The molecule has 0 saturated carbocycles. The summed E-state index contributed by atoms with van der Waals surface area (Å²) in [5.41, 5.74) is 0. The monoisotopic (exact) mass is 494 g/mol. The highest BCUT2D eigenvalue weighted by molar-refractivity contribution is 7.81. The molecule has 3 aliphatic heterocycles. The molecule has 3 rings (SSSR count). The van der Waals surface area contributed by atoms with Gasteiger partial charge in [-0.15, -0.1) is 0 Å². The Morgan fingerprint density at radius 3 is 2.16 bits per heavy atom. The molecular weight excluding hydrogens is 472 g/mol. The van der Waals surface area contributed by atoms with Crippen LogP contribution in [0.25, 0.3) is 0 Å². The fourth-order valence-electron chi connectivity index (χ4n) is 3.80. The number of aliphatic hydroxyl groups is 2. The number of hydrogen-bond acceptors (Lipinski definition) is 15. The van der Waals surface area contributed by atoms with E-state index in [1.807, 2.05) is 0 Å². The van der Waals surface area contributed by atoms with Crippen LogP contribution in [-0.4, -0.2) is 112 Å². The topological polar surface area (TPSA) is 219 Å². The summed E-state index contributed by atoms with van der Waals surface area (Å²) in [6, 6.07) is 0. The summed E-state index contributed by atoms with van der Waals surface area (Å²) in [6.45, 7) is 0.549. The van der Waals surface area contributed by atoms with E-state index in [0.29, 0.717) is 0 Å². The smallest absolute Gasteiger partial charge is 0.218 e. The predicted molar refractivity (Wildman–Crippen MR) is 90.3 cm³/mol. The number of hydrogen-bond donors (Lipinski definition) is 2. The molecule has 0 radical (unpaired) electrons. The van der Waals surface area contributed by atoms with Gasteiger partial charge in [-0.05, 0) is 0 Å². The Morgan fingerprint density at radius 1 is 1.00 bits per heavy atom. The largest absolute Gasteiger partial charge is 0.726 e. The SMILES string of the molecule is CO[C@H]1OC2COC([C@H]2O[C@@H]2OC(CO)[C@H](O)[C@H](C)C2OS(=O)(=O)[O-])[C@@H]1OS(=O)(=O)[O-]. The van der Waals surface area contributed by atoms with Crippen molar-refractivity contribution in [1.29, 1.82) is 0 Å². The first-order chi connectivity index (χ1) is 14.3. The maximum atomic E-state index is 11.2. The van der Waals surface area contributed by atoms with Crippen LogP contribution in [0.4, 0.5) is 0 Å². The highest BCUT2D eigenvalue weighted by Crippen LogP contribution is 2.38. The Morgan fingerprint density at radius 2 is 1.61 bits per heavy atom. The van der Waals surface area contributed by atoms with Crippen LogP contribution in [-0.2, 0) is 52.8 Å². The van der Waals surface area contributed by atoms with Crippen LogP contribution in [0.3, 0.4) is 0 Å². The molecule has 2 bridgehead atoms. The maximum absolute atomic E-state index is 11.2. The van der Waals surface area contributed by atoms with Gasteiger partial charge in [-0.3, -0.25) is 8.37 Å². The fourth-order valence-corrected chi connectivity index (χ4v) is 4.81. The predicted octanol–water partition coefficient (Wildman–Crippen LogP) is -3.45. The van der Waals surface area contributed by atoms with Crippen molar-refractivity contribution in [3.05, 3.63) is 0 Å². The molecule has 2 N–H and O–H groups in total. The minimum absolute atomic E-state index is 0.131. The van der Waals surface area contributed by atoms with Crippen molar-refractivity contribution in [2.75, 3.05) is 20.3 Å². The molecule has 3 aliphatic rings. The third kappa shape index (κ3) is 5.69. The van der Waals surface area contributed by atoms with Gasteiger partial charge in [0.25, 0.3) is 0 Å². The molecule has 3 fully saturated rings. The van der Waals surface area contributed by atoms with E-state index in [1.165, 1.54) is 14.0 Å². The molecule has 0 aromatic rings. The molecule has 3 saturated heterocycles. The van der Waals surface area contributed by atoms with Crippen molar-refractivity contribution in [2.45, 2.75) is 62.2 Å². The van der Waals surface area contributed by atoms with Gasteiger partial charge in [0, 0.05) is 13.0 Å². The third-order valence-corrected chi connectivity index (χ3v) is 6.14. The molecule has 17 heteroatoms. The van der Waals surface area contributed by atoms with Crippen LogP contribution in [0, 0.1) is 5.92 Å². The number of ether oxygens (including phenoxy) is 5. The summed E-state index contributed by atoms with van der Waals surface area (Å²) < 4.78 is 103. The number of fused-ring (bicyclic) bond motifs is 2. The van der Waals surface area contributed by atoms with Crippen molar-refractivity contribution in [3.8, 4) is 0 Å². The molecule has 15 nitrogen and oxygen atoms in total. The zero-order valence-electron chi connectivity index (χ0n) is 16.2. The van der Waals surface area contributed by atoms with Gasteiger partial charge in [0.05, 0.1) is 19.3 Å². The van der Waals surface area contributed by atoms with E-state index in [2.05, 4.69) is 8.37 Å². The van der Waals surface area contributed by atoms with Crippen LogP contribution < -0.4 is 0 Å². The van der Waals surface area contributed by atoms with Crippen molar-refractivity contribution in [2.24, 2.45) is 5.92 Å². The Hall–Kier alpha value is -0.540. The van der Waals surface area contributed by atoms with Crippen molar-refractivity contribution in [3.63, 3.8) is 0 Å². The van der Waals surface area contributed by atoms with Crippen LogP contribution >= 0.6 is 0 Å². The summed E-state index contributed by atoms with van der Waals surface area (Å²) >= 11 is 0. The zero-order valence-corrected chi connectivity index (χ0v) is 17.8. The minimum Gasteiger partial charge on any atom is -0.726 e. The maximum Gasteiger partial charge on any atom is 0.218 e. The lowest BCUT2D eigenvalue weighted by Crippen LogP contribution is -2.61. The van der Waals surface area contributed by atoms with Gasteiger partial charge in [0.2, 0.25) is 20.8 Å². The lowest BCUT2D eigenvalue weighted by atomic mass is 9.90. The summed E-state index contributed by atoms with van der Waals surface area (Å²) in [7, 11) is -9.27. The van der Waals surface area contributed by atoms with Gasteiger partial charge in [0.15, 0.2) is 18.7 Å². The second-order valence-electron chi connectivity index (χ2n) is 7.19. The van der Waals surface area contributed by atoms with Gasteiger partial charge in [0.1, 0.15) is 30.5 Å². The van der Waals surface area contributed by atoms with E-state index >= 15 is 0 Å². The molecule has 0 amide bonds. The summed E-state index contributed by atoms with van der Waals surface area (Å²) in [6.07, 6.45) is -12.0. The van der Waals surface area contributed by atoms with E-state index in [-0.39, 0.29) is 6.61 Å². The first kappa shape index (κ1) is 25.1. The van der Waals surface area contributed by atoms with Gasteiger partial charge >= 0.3 is 0 Å². The minimum atomic E-state index is -5.25. The van der Waals surface area contributed by atoms with Crippen molar-refractivity contribution < 1.29 is 68.2 Å². The van der Waals surface area contributed by atoms with Gasteiger partial charge < -0.3 is 43.0 Å². The fraction of sp³-hybridized carbons (Fsp3) is 1.00. The van der Waals surface area contributed by atoms with Crippen LogP contribution in [0.1, 0.15) is 6.92 Å². The Balaban J connectivity index is 1.85. The van der Waals surface area contributed by atoms with E-state index in [0.717, 1.165) is 0 Å². The summed E-state index contributed by atoms with van der Waals surface area (Å²) in [5.74, 6) is -1.04. The number of rotatable bonds is 8. The van der Waals surface area contributed by atoms with Crippen LogP contribution in [0.15, 0.2) is 0 Å². The Kier molecular flexibility index (Phi) is 7.58. The summed E-state index contributed by atoms with van der Waals surface area (Å²) in [5, 5.41) is 19.6. The lowest BCUT2D eigenvalue weighted by molar-refractivity contribution is -0.326. The third-order valence-electron chi connectivity index (χ3n) is 5.22. The van der Waals surface area contributed by atoms with E-state index in [4.69, 9.17) is 23.7 Å². The molecule has 0 aliphatic carbocycles. The van der Waals surface area contributed by atoms with Gasteiger partial charge in [-0.25, -0.2) is 16.8 Å². The zero-order chi connectivity index (χ0) is 23.1. The first-order valence-corrected chi connectivity index (χ1v) is 11.7. The highest BCUT2D eigenvalue weighted by atomic mass is 32.3. The number of aliphatic hydroxyl groups excluding tert-OH is 2. The van der Waals surface area contributed by atoms with E-state index in [1.54, 1.807) is 0 Å². The number of methoxy groups -OCH3 is 1. The lowest BCUT2D eigenvalue weighted by Gasteiger charge is -2.45. The van der Waals surface area contributed by atoms with Crippen LogP contribution in [0.5, 0.6) is 0 Å².